The highest BCUT2D eigenvalue weighted by molar-refractivity contribution is 7.86. The minimum Gasteiger partial charge on any atom is -0.748 e. The Morgan fingerprint density at radius 1 is 0.370 bits per heavy atom. The highest BCUT2D eigenvalue weighted by Crippen LogP contribution is 2.28. The predicted molar refractivity (Wildman–Crippen MR) is 359 cm³/mol. The van der Waals surface area contributed by atoms with Crippen LogP contribution in [0.15, 0.2) is 115 Å². The summed E-state index contributed by atoms with van der Waals surface area (Å²) in [5, 5.41) is 0. The summed E-state index contributed by atoms with van der Waals surface area (Å²) in [6.07, 6.45) is 6.32. The number of para-hydroxylation sites is 3. The van der Waals surface area contributed by atoms with E-state index in [4.69, 9.17) is 14.2 Å². The average molecular weight is 1370 g/mol. The molecular formula is C65H102N4O19S4. The summed E-state index contributed by atoms with van der Waals surface area (Å²) >= 11 is 0. The number of unbranched alkanes of at least 4 members (excludes halogenated alkanes) is 5. The number of benzene rings is 4. The van der Waals surface area contributed by atoms with Gasteiger partial charge in [0.25, 0.3) is 0 Å². The van der Waals surface area contributed by atoms with Gasteiger partial charge in [-0.1, -0.05) is 66.7 Å². The first kappa shape index (κ1) is 84.5. The number of Topliss-reactive ketones (excluding diaryl/α,β-unsaturated/α-hetero) is 1. The average Bonchev–Trinajstić information content (AvgIpc) is 1.17. The van der Waals surface area contributed by atoms with Gasteiger partial charge in [0.2, 0.25) is 0 Å². The van der Waals surface area contributed by atoms with Crippen LogP contribution in [0, 0.1) is 6.92 Å². The molecule has 520 valence electrons. The predicted octanol–water partition coefficient (Wildman–Crippen LogP) is 8.33. The fourth-order valence-electron chi connectivity index (χ4n) is 10.5. The van der Waals surface area contributed by atoms with Crippen LogP contribution in [0.2, 0.25) is 0 Å². The summed E-state index contributed by atoms with van der Waals surface area (Å²) < 4.78 is 146. The molecular weight excluding hydrogens is 1270 g/mol. The van der Waals surface area contributed by atoms with Gasteiger partial charge in [0.05, 0.1) is 100 Å². The highest BCUT2D eigenvalue weighted by atomic mass is 32.2. The van der Waals surface area contributed by atoms with Crippen molar-refractivity contribution in [1.82, 2.24) is 17.9 Å². The van der Waals surface area contributed by atoms with Gasteiger partial charge in [-0.25, -0.2) is 33.7 Å². The van der Waals surface area contributed by atoms with Gasteiger partial charge in [-0.3, -0.25) is 32.3 Å². The molecule has 92 heavy (non-hydrogen) atoms. The van der Waals surface area contributed by atoms with Gasteiger partial charge >= 0.3 is 17.9 Å². The van der Waals surface area contributed by atoms with Gasteiger partial charge in [0.15, 0.2) is 0 Å². The van der Waals surface area contributed by atoms with E-state index >= 15 is 0 Å². The summed E-state index contributed by atoms with van der Waals surface area (Å²) in [5.74, 6) is -2.06. The van der Waals surface area contributed by atoms with Crippen molar-refractivity contribution in [2.75, 3.05) is 122 Å². The van der Waals surface area contributed by atoms with Gasteiger partial charge in [0, 0.05) is 56.3 Å². The van der Waals surface area contributed by atoms with Crippen LogP contribution in [0.5, 0.6) is 0 Å². The Morgan fingerprint density at radius 2 is 0.663 bits per heavy atom. The van der Waals surface area contributed by atoms with E-state index in [2.05, 4.69) is 32.2 Å². The van der Waals surface area contributed by atoms with E-state index < -0.39 is 40.5 Å². The van der Waals surface area contributed by atoms with Gasteiger partial charge in [-0.2, -0.15) is 0 Å². The van der Waals surface area contributed by atoms with Crippen LogP contribution in [0.1, 0.15) is 118 Å². The maximum atomic E-state index is 11.1. The molecule has 0 radical (unpaired) electrons. The standard InChI is InChI=1S/C17H27NO5S.C17H27NO4S.C16H25NO5S.C15H23NO5S/c1-4-18(11-12-23-16(3)19,10-5-6-13-24(20,21)22)17-9-7-8-15(2)14-17;1-16(19)10-6-7-13-18(2,17-11-4-3-5-12-17)14-8-9-15-23(20,21)22;1-3-17(12-13-22-15(2)18,16-9-5-4-6-10-16)11-7-8-14-23(19,20)21;1-14(17)21-12-11-16(2,15-8-4-3-5-9-15)10-6-7-13-22(18,19)20/h7-9,14H,4-6,10-13H2,1-3H3;3-5,11-12H,6-10,13-15H2,1-2H3;4-6,9-10H,3,7-8,11-14H2,1-2H3;3-5,8-9H,6-7,10-13H2,1-2H3. The molecule has 4 atom stereocenters. The number of nitrogens with zero attached hydrogens (tertiary/aromatic N) is 4. The van der Waals surface area contributed by atoms with Crippen LogP contribution in [0.25, 0.3) is 0 Å². The fraction of sp³-hybridized carbons (Fsp3) is 0.569. The van der Waals surface area contributed by atoms with Crippen LogP contribution < -0.4 is 17.9 Å². The SMILES string of the molecule is CC(=O)CCCC[N+](C)(CCCCS(=O)(=O)[O-])c1ccccc1.CC(=O)OCC[N+](C)(CCCCS(=O)(=O)[O-])c1ccccc1.CC[N+](CCCCS(=O)(=O)[O-])(CCOC(C)=O)c1cccc(C)c1.CC[N+](CCCCS(=O)(=O)[O-])(CCOC(C)=O)c1ccccc1. The molecule has 0 N–H and O–H groups in total. The molecule has 23 nitrogen and oxygen atoms in total. The monoisotopic (exact) mass is 1370 g/mol. The summed E-state index contributed by atoms with van der Waals surface area (Å²) in [7, 11) is -12.5. The third kappa shape index (κ3) is 38.6. The first-order valence-corrected chi connectivity index (χ1v) is 37.5. The van der Waals surface area contributed by atoms with Crippen LogP contribution >= 0.6 is 0 Å². The molecule has 0 spiro atoms. The lowest BCUT2D eigenvalue weighted by Crippen LogP contribution is -2.52. The van der Waals surface area contributed by atoms with Crippen molar-refractivity contribution in [2.24, 2.45) is 0 Å². The number of carbonyl (C=O) groups is 4. The normalized spacial score (nSPS) is 14.3. The van der Waals surface area contributed by atoms with E-state index in [9.17, 15) is 71.1 Å². The van der Waals surface area contributed by atoms with Crippen LogP contribution in [0.4, 0.5) is 22.7 Å². The second kappa shape index (κ2) is 42.7. The summed E-state index contributed by atoms with van der Waals surface area (Å²) in [4.78, 5) is 44.0. The molecule has 0 aromatic heterocycles. The van der Waals surface area contributed by atoms with Crippen molar-refractivity contribution in [3.8, 4) is 0 Å². The molecule has 0 aliphatic heterocycles. The van der Waals surface area contributed by atoms with Crippen LogP contribution in [0.3, 0.4) is 0 Å². The summed E-state index contributed by atoms with van der Waals surface area (Å²) in [6, 6.07) is 37.8. The molecule has 4 rings (SSSR count). The third-order valence-electron chi connectivity index (χ3n) is 15.8. The van der Waals surface area contributed by atoms with Crippen molar-refractivity contribution in [3.05, 3.63) is 121 Å². The zero-order valence-electron chi connectivity index (χ0n) is 55.4. The minimum atomic E-state index is -4.17. The zero-order chi connectivity index (χ0) is 69.6. The van der Waals surface area contributed by atoms with Crippen molar-refractivity contribution >= 4 is 86.9 Å². The van der Waals surface area contributed by atoms with Gasteiger partial charge < -0.3 is 37.2 Å². The van der Waals surface area contributed by atoms with E-state index in [0.29, 0.717) is 135 Å². The molecule has 0 aliphatic rings. The maximum Gasteiger partial charge on any atom is 0.302 e. The molecule has 0 heterocycles. The first-order valence-electron chi connectivity index (χ1n) is 31.2. The zero-order valence-corrected chi connectivity index (χ0v) is 58.7. The molecule has 0 amide bonds. The van der Waals surface area contributed by atoms with E-state index in [0.717, 1.165) is 61.6 Å². The summed E-state index contributed by atoms with van der Waals surface area (Å²) in [5.41, 5.74) is 5.56. The van der Waals surface area contributed by atoms with E-state index in [-0.39, 0.29) is 46.7 Å². The van der Waals surface area contributed by atoms with Crippen molar-refractivity contribution in [2.45, 2.75) is 119 Å². The van der Waals surface area contributed by atoms with Crippen molar-refractivity contribution in [1.29, 1.82) is 0 Å². The highest BCUT2D eigenvalue weighted by Gasteiger charge is 2.31. The Kier molecular flexibility index (Phi) is 39.2. The number of aryl methyl sites for hydroxylation is 1. The number of rotatable bonds is 40. The van der Waals surface area contributed by atoms with Crippen LogP contribution in [-0.4, -0.2) is 198 Å². The smallest absolute Gasteiger partial charge is 0.302 e. The number of esters is 3. The largest absolute Gasteiger partial charge is 0.748 e. The Bertz CT molecular complexity index is 3260. The molecule has 0 bridgehead atoms. The van der Waals surface area contributed by atoms with E-state index in [1.54, 1.807) is 6.92 Å². The van der Waals surface area contributed by atoms with Crippen molar-refractivity contribution < 1.29 is 85.3 Å². The lowest BCUT2D eigenvalue weighted by molar-refractivity contribution is -0.142. The summed E-state index contributed by atoms with van der Waals surface area (Å²) in [6.45, 7) is 19.9. The van der Waals surface area contributed by atoms with Crippen LogP contribution in [-0.2, 0) is 73.9 Å². The lowest BCUT2D eigenvalue weighted by Gasteiger charge is -2.37. The Hall–Kier alpha value is -5.56. The molecule has 27 heteroatoms. The van der Waals surface area contributed by atoms with Gasteiger partial charge in [0.1, 0.15) is 68.0 Å². The number of hydrogen-bond acceptors (Lipinski definition) is 19. The second-order valence-corrected chi connectivity index (χ2v) is 29.5. The number of hydrogen-bond donors (Lipinski definition) is 0. The lowest BCUT2D eigenvalue weighted by atomic mass is 10.1. The Labute approximate surface area is 549 Å². The quantitative estimate of drug-likeness (QED) is 0.0133. The Morgan fingerprint density at radius 3 is 0.978 bits per heavy atom. The number of ketones is 1. The minimum absolute atomic E-state index is 0.208. The first-order chi connectivity index (χ1) is 42.9. The number of carbonyl (C=O) groups excluding carboxylic acids is 4. The fourth-order valence-corrected chi connectivity index (χ4v) is 12.8. The topological polar surface area (TPSA) is 325 Å². The number of quaternary nitrogens is 4. The third-order valence-corrected chi connectivity index (χ3v) is 19.0. The van der Waals surface area contributed by atoms with Crippen molar-refractivity contribution in [3.63, 3.8) is 0 Å². The van der Waals surface area contributed by atoms with Gasteiger partial charge in [-0.15, -0.1) is 0 Å². The second-order valence-electron chi connectivity index (χ2n) is 23.4. The molecule has 0 aliphatic carbocycles. The molecule has 4 aromatic carbocycles. The van der Waals surface area contributed by atoms with E-state index in [1.165, 1.54) is 26.5 Å². The van der Waals surface area contributed by atoms with E-state index in [1.807, 2.05) is 118 Å². The molecule has 0 fully saturated rings. The van der Waals surface area contributed by atoms with Gasteiger partial charge in [-0.05, 0) is 140 Å². The maximum absolute atomic E-state index is 11.1. The Balaban J connectivity index is 0.000000614. The molecule has 0 saturated heterocycles. The molecule has 4 unspecified atom stereocenters. The molecule has 0 saturated carbocycles. The number of likely N-dealkylation sites (N-methyl/N-ethyl adjacent to an activating group) is 3. The molecule has 4 aromatic rings. The number of ether oxygens (including phenoxy) is 3.